The van der Waals surface area contributed by atoms with E-state index in [4.69, 9.17) is 10.00 Å². The maximum Gasteiger partial charge on any atom is 0.183 e. The largest absolute Gasteiger partial charge is 0.493 e. The van der Waals surface area contributed by atoms with E-state index >= 15 is 0 Å². The summed E-state index contributed by atoms with van der Waals surface area (Å²) in [7, 11) is 0. The Morgan fingerprint density at radius 3 is 2.60 bits per heavy atom. The van der Waals surface area contributed by atoms with E-state index in [9.17, 15) is 8.78 Å². The third kappa shape index (κ3) is 4.70. The van der Waals surface area contributed by atoms with Gasteiger partial charge in [-0.25, -0.2) is 13.8 Å². The number of thioether (sulfide) groups is 1. The van der Waals surface area contributed by atoms with Crippen LogP contribution in [-0.4, -0.2) is 18.0 Å². The van der Waals surface area contributed by atoms with Gasteiger partial charge in [0.15, 0.2) is 23.0 Å². The molecule has 0 aliphatic heterocycles. The number of unbranched alkanes of at least 4 members (excludes halogenated alkanes) is 1. The van der Waals surface area contributed by atoms with E-state index in [0.717, 1.165) is 36.7 Å². The number of hydrogen-bond donors (Lipinski definition) is 1. The lowest BCUT2D eigenvalue weighted by Crippen LogP contribution is -2.12. The Bertz CT molecular complexity index is 506. The molecule has 20 heavy (non-hydrogen) atoms. The quantitative estimate of drug-likeness (QED) is 0.297. The van der Waals surface area contributed by atoms with Crippen LogP contribution in [0.3, 0.4) is 0 Å². The van der Waals surface area contributed by atoms with Crippen molar-refractivity contribution in [1.82, 2.24) is 5.32 Å². The Morgan fingerprint density at radius 1 is 1.45 bits per heavy atom. The minimum atomic E-state index is -0.831. The van der Waals surface area contributed by atoms with E-state index in [2.05, 4.69) is 10.3 Å². The normalized spacial score (nSPS) is 11.1. The number of ether oxygens (including phenoxy) is 1. The van der Waals surface area contributed by atoms with Gasteiger partial charge in [-0.1, -0.05) is 25.1 Å². The number of rotatable bonds is 5. The molecule has 1 N–H and O–H groups in total. The summed E-state index contributed by atoms with van der Waals surface area (Å²) in [5.74, 6) is -1.53. The van der Waals surface area contributed by atoms with Crippen LogP contribution in [0, 0.1) is 23.1 Å². The predicted octanol–water partition coefficient (Wildman–Crippen LogP) is 3.56. The van der Waals surface area contributed by atoms with Gasteiger partial charge in [0, 0.05) is 12.1 Å². The van der Waals surface area contributed by atoms with Gasteiger partial charge in [0.05, 0.1) is 6.61 Å². The molecule has 0 bridgehead atoms. The standard InChI is InChI=1S/C13H15F2N3OS/c1-3-4-5-19-9-6-10(14)12(11(15)7-9)18-13(20-2)17-8-16/h6-7H,3-5H2,1-2H3,(H,17,18). The Hall–Kier alpha value is -1.81. The molecule has 0 spiro atoms. The minimum absolute atomic E-state index is 0.116. The molecule has 0 aliphatic carbocycles. The fourth-order valence-corrected chi connectivity index (χ4v) is 1.67. The Morgan fingerprint density at radius 2 is 2.10 bits per heavy atom. The van der Waals surface area contributed by atoms with Crippen LogP contribution in [0.15, 0.2) is 17.1 Å². The molecule has 0 fully saturated rings. The van der Waals surface area contributed by atoms with Crippen molar-refractivity contribution in [3.63, 3.8) is 0 Å². The van der Waals surface area contributed by atoms with Crippen molar-refractivity contribution < 1.29 is 13.5 Å². The summed E-state index contributed by atoms with van der Waals surface area (Å²) >= 11 is 1.08. The van der Waals surface area contributed by atoms with E-state index in [1.807, 2.05) is 6.92 Å². The highest BCUT2D eigenvalue weighted by Crippen LogP contribution is 2.28. The second-order valence-electron chi connectivity index (χ2n) is 3.80. The van der Waals surface area contributed by atoms with Gasteiger partial charge in [-0.15, -0.1) is 0 Å². The molecule has 1 aromatic carbocycles. The van der Waals surface area contributed by atoms with Crippen molar-refractivity contribution in [2.75, 3.05) is 12.9 Å². The summed E-state index contributed by atoms with van der Waals surface area (Å²) in [5.41, 5.74) is -0.444. The maximum absolute atomic E-state index is 13.8. The summed E-state index contributed by atoms with van der Waals surface area (Å²) in [5, 5.41) is 10.8. The monoisotopic (exact) mass is 299 g/mol. The molecule has 0 amide bonds. The van der Waals surface area contributed by atoms with Crippen LogP contribution < -0.4 is 10.1 Å². The first-order chi connectivity index (χ1) is 9.62. The molecule has 4 nitrogen and oxygen atoms in total. The Balaban J connectivity index is 2.97. The van der Waals surface area contributed by atoms with Gasteiger partial charge in [0.2, 0.25) is 0 Å². The van der Waals surface area contributed by atoms with Crippen LogP contribution in [0.2, 0.25) is 0 Å². The highest BCUT2D eigenvalue weighted by atomic mass is 32.2. The molecule has 0 saturated heterocycles. The summed E-state index contributed by atoms with van der Waals surface area (Å²) in [4.78, 5) is 3.74. The summed E-state index contributed by atoms with van der Waals surface area (Å²) < 4.78 is 32.9. The molecule has 0 aromatic heterocycles. The smallest absolute Gasteiger partial charge is 0.183 e. The molecular formula is C13H15F2N3OS. The molecule has 7 heteroatoms. The summed E-state index contributed by atoms with van der Waals surface area (Å²) in [6.07, 6.45) is 5.04. The first-order valence-electron chi connectivity index (χ1n) is 6.02. The number of nitrogens with zero attached hydrogens (tertiary/aromatic N) is 2. The predicted molar refractivity (Wildman–Crippen MR) is 76.1 cm³/mol. The van der Waals surface area contributed by atoms with E-state index < -0.39 is 17.3 Å². The molecule has 1 aromatic rings. The number of nitrogens with one attached hydrogen (secondary N) is 1. The number of amidine groups is 1. The van der Waals surface area contributed by atoms with Crippen molar-refractivity contribution in [3.05, 3.63) is 23.8 Å². The van der Waals surface area contributed by atoms with Crippen molar-refractivity contribution in [3.8, 4) is 11.9 Å². The fourth-order valence-electron chi connectivity index (χ4n) is 1.34. The molecule has 1 rings (SSSR count). The van der Waals surface area contributed by atoms with Crippen molar-refractivity contribution in [2.45, 2.75) is 19.8 Å². The number of halogens is 2. The van der Waals surface area contributed by atoms with Gasteiger partial charge < -0.3 is 4.74 Å². The van der Waals surface area contributed by atoms with Crippen molar-refractivity contribution in [1.29, 1.82) is 5.26 Å². The number of nitriles is 1. The van der Waals surface area contributed by atoms with Crippen LogP contribution in [0.5, 0.6) is 5.75 Å². The van der Waals surface area contributed by atoms with Crippen LogP contribution in [0.1, 0.15) is 19.8 Å². The van der Waals surface area contributed by atoms with Gasteiger partial charge in [0.1, 0.15) is 11.4 Å². The third-order valence-electron chi connectivity index (χ3n) is 2.33. The minimum Gasteiger partial charge on any atom is -0.493 e. The number of aliphatic imine (C=N–C) groups is 1. The first-order valence-corrected chi connectivity index (χ1v) is 7.24. The number of benzene rings is 1. The van der Waals surface area contributed by atoms with Crippen LogP contribution in [0.25, 0.3) is 0 Å². The lowest BCUT2D eigenvalue weighted by atomic mass is 10.2. The van der Waals surface area contributed by atoms with E-state index in [0.29, 0.717) is 6.61 Å². The molecule has 108 valence electrons. The molecule has 0 aliphatic rings. The van der Waals surface area contributed by atoms with Gasteiger partial charge in [-0.2, -0.15) is 5.26 Å². The van der Waals surface area contributed by atoms with Crippen molar-refractivity contribution in [2.24, 2.45) is 4.99 Å². The average molecular weight is 299 g/mol. The van der Waals surface area contributed by atoms with E-state index in [-0.39, 0.29) is 10.9 Å². The Kier molecular flexibility index (Phi) is 6.81. The van der Waals surface area contributed by atoms with Gasteiger partial charge in [-0.3, -0.25) is 5.32 Å². The average Bonchev–Trinajstić information content (AvgIpc) is 2.42. The zero-order chi connectivity index (χ0) is 15.0. The summed E-state index contributed by atoms with van der Waals surface area (Å²) in [6, 6.07) is 2.17. The van der Waals surface area contributed by atoms with E-state index in [1.54, 1.807) is 12.4 Å². The molecule has 0 radical (unpaired) electrons. The third-order valence-corrected chi connectivity index (χ3v) is 2.91. The molecular weight excluding hydrogens is 284 g/mol. The molecule has 0 heterocycles. The Labute approximate surface area is 120 Å². The zero-order valence-corrected chi connectivity index (χ0v) is 12.1. The lowest BCUT2D eigenvalue weighted by molar-refractivity contribution is 0.306. The maximum atomic E-state index is 13.8. The topological polar surface area (TPSA) is 57.4 Å². The van der Waals surface area contributed by atoms with Gasteiger partial charge in [0.25, 0.3) is 0 Å². The number of hydrogen-bond acceptors (Lipinski definition) is 4. The second-order valence-corrected chi connectivity index (χ2v) is 4.59. The highest BCUT2D eigenvalue weighted by molar-refractivity contribution is 8.13. The van der Waals surface area contributed by atoms with Crippen LogP contribution in [-0.2, 0) is 0 Å². The van der Waals surface area contributed by atoms with Gasteiger partial charge in [-0.05, 0) is 12.7 Å². The lowest BCUT2D eigenvalue weighted by Gasteiger charge is -2.08. The molecule has 0 saturated carbocycles. The summed E-state index contributed by atoms with van der Waals surface area (Å²) in [6.45, 7) is 2.40. The zero-order valence-electron chi connectivity index (χ0n) is 11.2. The first kappa shape index (κ1) is 16.2. The highest BCUT2D eigenvalue weighted by Gasteiger charge is 2.12. The molecule has 0 atom stereocenters. The fraction of sp³-hybridized carbons (Fsp3) is 0.385. The van der Waals surface area contributed by atoms with Crippen LogP contribution >= 0.6 is 11.8 Å². The van der Waals surface area contributed by atoms with Gasteiger partial charge >= 0.3 is 0 Å². The molecule has 0 unspecified atom stereocenters. The van der Waals surface area contributed by atoms with Crippen LogP contribution in [0.4, 0.5) is 14.5 Å². The van der Waals surface area contributed by atoms with Crippen molar-refractivity contribution >= 4 is 22.6 Å². The van der Waals surface area contributed by atoms with E-state index in [1.165, 1.54) is 0 Å². The second kappa shape index (κ2) is 8.38. The SMILES string of the molecule is CCCCOc1cc(F)c(N=C(NC#N)SC)c(F)c1.